The van der Waals surface area contributed by atoms with Gasteiger partial charge in [0, 0.05) is 22.4 Å². The number of nitrogens with zero attached hydrogens (tertiary/aromatic N) is 1. The lowest BCUT2D eigenvalue weighted by atomic mass is 10.1. The van der Waals surface area contributed by atoms with Crippen LogP contribution in [0.25, 0.3) is 11.5 Å². The molecule has 3 N–H and O–H groups in total. The van der Waals surface area contributed by atoms with Gasteiger partial charge in [0.05, 0.1) is 11.9 Å². The number of hydrogen-bond acceptors (Lipinski definition) is 6. The minimum Gasteiger partial charge on any atom is -0.439 e. The second-order valence-electron chi connectivity index (χ2n) is 3.72. The molecule has 0 spiro atoms. The van der Waals surface area contributed by atoms with Crippen molar-refractivity contribution in [2.24, 2.45) is 0 Å². The van der Waals surface area contributed by atoms with E-state index in [1.165, 1.54) is 18.3 Å². The van der Waals surface area contributed by atoms with Crippen LogP contribution < -0.4 is 4.72 Å². The standard InChI is InChI=1S/C11H10ClN3O4S/c12-6-1-8(11-14-4-7(5-16)19-11)9(3-13)10(2-6)15-20(17)18/h1-4,13,16,20H,5H2,(H,15,17,18). The summed E-state index contributed by atoms with van der Waals surface area (Å²) in [5, 5.41) is 16.6. The summed E-state index contributed by atoms with van der Waals surface area (Å²) in [6.07, 6.45) is 2.31. The number of halogens is 1. The average Bonchev–Trinajstić information content (AvgIpc) is 2.86. The van der Waals surface area contributed by atoms with Crippen molar-refractivity contribution >= 4 is 34.4 Å². The van der Waals surface area contributed by atoms with E-state index in [9.17, 15) is 8.42 Å². The zero-order valence-electron chi connectivity index (χ0n) is 9.96. The van der Waals surface area contributed by atoms with Crippen molar-refractivity contribution in [2.45, 2.75) is 6.61 Å². The Hall–Kier alpha value is -1.90. The van der Waals surface area contributed by atoms with Crippen LogP contribution in [0, 0.1) is 5.41 Å². The second-order valence-corrected chi connectivity index (χ2v) is 4.89. The summed E-state index contributed by atoms with van der Waals surface area (Å²) < 4.78 is 29.0. The highest BCUT2D eigenvalue weighted by atomic mass is 35.5. The Labute approximate surface area is 120 Å². The van der Waals surface area contributed by atoms with Gasteiger partial charge in [-0.3, -0.25) is 4.72 Å². The number of rotatable bonds is 5. The quantitative estimate of drug-likeness (QED) is 0.492. The first-order chi connectivity index (χ1) is 9.55. The van der Waals surface area contributed by atoms with Crippen LogP contribution in [0.5, 0.6) is 0 Å². The molecule has 0 atom stereocenters. The van der Waals surface area contributed by atoms with Gasteiger partial charge in [0.1, 0.15) is 12.4 Å². The molecular weight excluding hydrogens is 306 g/mol. The Kier molecular flexibility index (Phi) is 4.38. The van der Waals surface area contributed by atoms with Crippen molar-refractivity contribution in [2.75, 3.05) is 4.72 Å². The fourth-order valence-corrected chi connectivity index (χ4v) is 2.25. The van der Waals surface area contributed by atoms with Crippen LogP contribution in [0.15, 0.2) is 22.7 Å². The van der Waals surface area contributed by atoms with E-state index in [4.69, 9.17) is 26.5 Å². The number of oxazole rings is 1. The normalized spacial score (nSPS) is 10.8. The van der Waals surface area contributed by atoms with Crippen LogP contribution in [-0.2, 0) is 17.5 Å². The maximum Gasteiger partial charge on any atom is 0.227 e. The zero-order chi connectivity index (χ0) is 14.7. The fraction of sp³-hybridized carbons (Fsp3) is 0.0909. The van der Waals surface area contributed by atoms with E-state index in [2.05, 4.69) is 9.71 Å². The van der Waals surface area contributed by atoms with Gasteiger partial charge >= 0.3 is 0 Å². The maximum absolute atomic E-state index is 10.8. The Morgan fingerprint density at radius 1 is 1.50 bits per heavy atom. The first kappa shape index (κ1) is 14.5. The van der Waals surface area contributed by atoms with Crippen molar-refractivity contribution < 1.29 is 17.9 Å². The lowest BCUT2D eigenvalue weighted by Gasteiger charge is -2.09. The van der Waals surface area contributed by atoms with Gasteiger partial charge in [-0.05, 0) is 12.1 Å². The molecule has 0 aliphatic rings. The van der Waals surface area contributed by atoms with Gasteiger partial charge in [0.15, 0.2) is 0 Å². The number of aliphatic hydroxyl groups is 1. The third kappa shape index (κ3) is 2.98. The Morgan fingerprint density at radius 3 is 2.80 bits per heavy atom. The highest BCUT2D eigenvalue weighted by Crippen LogP contribution is 2.31. The second kappa shape index (κ2) is 6.04. The molecule has 0 saturated carbocycles. The maximum atomic E-state index is 10.8. The number of benzene rings is 1. The summed E-state index contributed by atoms with van der Waals surface area (Å²) in [5.41, 5.74) is 0.772. The fourth-order valence-electron chi connectivity index (χ4n) is 1.65. The topological polar surface area (TPSA) is 116 Å². The summed E-state index contributed by atoms with van der Waals surface area (Å²) in [5.74, 6) is 0.388. The molecule has 2 aromatic rings. The summed E-state index contributed by atoms with van der Waals surface area (Å²) in [4.78, 5) is 3.96. The molecule has 1 aromatic heterocycles. The van der Waals surface area contributed by atoms with Crippen LogP contribution in [0.2, 0.25) is 5.02 Å². The van der Waals surface area contributed by atoms with Crippen LogP contribution in [-0.4, -0.2) is 24.7 Å². The lowest BCUT2D eigenvalue weighted by molar-refractivity contribution is 0.248. The van der Waals surface area contributed by atoms with Crippen molar-refractivity contribution in [1.29, 1.82) is 5.41 Å². The SMILES string of the molecule is N=Cc1c(N[SH](=O)=O)cc(Cl)cc1-c1ncc(CO)o1. The van der Waals surface area contributed by atoms with Gasteiger partial charge in [-0.2, -0.15) is 0 Å². The zero-order valence-corrected chi connectivity index (χ0v) is 11.6. The molecule has 0 radical (unpaired) electrons. The number of thiol groups is 1. The van der Waals surface area contributed by atoms with Crippen LogP contribution in [0.4, 0.5) is 5.69 Å². The van der Waals surface area contributed by atoms with E-state index in [0.29, 0.717) is 5.56 Å². The molecule has 0 bridgehead atoms. The highest BCUT2D eigenvalue weighted by molar-refractivity contribution is 7.73. The minimum absolute atomic E-state index is 0.138. The molecule has 1 aromatic carbocycles. The molecular formula is C11H10ClN3O4S. The molecule has 0 aliphatic heterocycles. The first-order valence-corrected chi connectivity index (χ1v) is 6.91. The molecule has 20 heavy (non-hydrogen) atoms. The Morgan fingerprint density at radius 2 is 2.25 bits per heavy atom. The Balaban J connectivity index is 2.62. The van der Waals surface area contributed by atoms with E-state index >= 15 is 0 Å². The number of aliphatic hydroxyl groups excluding tert-OH is 1. The van der Waals surface area contributed by atoms with E-state index in [-0.39, 0.29) is 34.5 Å². The van der Waals surface area contributed by atoms with E-state index < -0.39 is 10.9 Å². The highest BCUT2D eigenvalue weighted by Gasteiger charge is 2.15. The summed E-state index contributed by atoms with van der Waals surface area (Å²) >= 11 is 5.92. The predicted octanol–water partition coefficient (Wildman–Crippen LogP) is 1.42. The van der Waals surface area contributed by atoms with Gasteiger partial charge in [0.25, 0.3) is 0 Å². The van der Waals surface area contributed by atoms with E-state index in [0.717, 1.165) is 6.21 Å². The largest absolute Gasteiger partial charge is 0.439 e. The molecule has 0 unspecified atom stereocenters. The monoisotopic (exact) mass is 315 g/mol. The summed E-state index contributed by atoms with van der Waals surface area (Å²) in [7, 11) is -2.89. The summed E-state index contributed by atoms with van der Waals surface area (Å²) in [6.45, 7) is -0.314. The molecule has 0 saturated heterocycles. The van der Waals surface area contributed by atoms with Crippen molar-refractivity contribution in [1.82, 2.24) is 4.98 Å². The third-order valence-corrected chi connectivity index (χ3v) is 3.08. The van der Waals surface area contributed by atoms with E-state index in [1.54, 1.807) is 0 Å². The molecule has 0 fully saturated rings. The van der Waals surface area contributed by atoms with Crippen LogP contribution in [0.1, 0.15) is 11.3 Å². The van der Waals surface area contributed by atoms with E-state index in [1.807, 2.05) is 0 Å². The summed E-state index contributed by atoms with van der Waals surface area (Å²) in [6, 6.07) is 2.88. The molecule has 1 heterocycles. The van der Waals surface area contributed by atoms with Crippen molar-refractivity contribution in [3.8, 4) is 11.5 Å². The third-order valence-electron chi connectivity index (χ3n) is 2.44. The van der Waals surface area contributed by atoms with Crippen LogP contribution >= 0.6 is 11.6 Å². The average molecular weight is 316 g/mol. The van der Waals surface area contributed by atoms with Crippen molar-refractivity contribution in [3.63, 3.8) is 0 Å². The number of hydrogen-bond donors (Lipinski definition) is 4. The van der Waals surface area contributed by atoms with Gasteiger partial charge < -0.3 is 14.9 Å². The van der Waals surface area contributed by atoms with Gasteiger partial charge in [-0.25, -0.2) is 13.4 Å². The van der Waals surface area contributed by atoms with Gasteiger partial charge in [-0.1, -0.05) is 11.6 Å². The van der Waals surface area contributed by atoms with Gasteiger partial charge in [0.2, 0.25) is 16.8 Å². The first-order valence-electron chi connectivity index (χ1n) is 5.36. The number of anilines is 1. The molecule has 106 valence electrons. The molecule has 2 rings (SSSR count). The number of aromatic nitrogens is 1. The minimum atomic E-state index is -2.89. The molecule has 9 heteroatoms. The molecule has 0 amide bonds. The number of nitrogens with one attached hydrogen (secondary N) is 2. The lowest BCUT2D eigenvalue weighted by Crippen LogP contribution is -2.01. The smallest absolute Gasteiger partial charge is 0.227 e. The predicted molar refractivity (Wildman–Crippen MR) is 74.7 cm³/mol. The molecule has 7 nitrogen and oxygen atoms in total. The Bertz CT molecular complexity index is 718. The van der Waals surface area contributed by atoms with Gasteiger partial charge in [-0.15, -0.1) is 0 Å². The van der Waals surface area contributed by atoms with Crippen LogP contribution in [0.3, 0.4) is 0 Å². The van der Waals surface area contributed by atoms with Crippen molar-refractivity contribution in [3.05, 3.63) is 34.7 Å². The molecule has 0 aliphatic carbocycles.